The minimum Gasteiger partial charge on any atom is -0.295 e. The van der Waals surface area contributed by atoms with Crippen LogP contribution in [0, 0.1) is 13.8 Å². The summed E-state index contributed by atoms with van der Waals surface area (Å²) in [7, 11) is 0. The highest BCUT2D eigenvalue weighted by Crippen LogP contribution is 2.17. The van der Waals surface area contributed by atoms with Crippen molar-refractivity contribution >= 4 is 11.6 Å². The molecule has 1 rings (SSSR count). The van der Waals surface area contributed by atoms with Gasteiger partial charge in [-0.25, -0.2) is 0 Å². The third-order valence-electron chi connectivity index (χ3n) is 2.33. The first-order chi connectivity index (χ1) is 6.43. The third kappa shape index (κ3) is 1.90. The molecule has 0 spiro atoms. The number of Topliss-reactive ketones (excluding diaryl/α,β-unsaturated/α-hetero) is 2. The smallest absolute Gasteiger partial charge is 0.160 e. The second-order valence-corrected chi connectivity index (χ2v) is 3.59. The summed E-state index contributed by atoms with van der Waals surface area (Å²) in [6.45, 7) is 6.77. The molecule has 0 N–H and O–H groups in total. The molecule has 0 aliphatic heterocycles. The molecule has 0 fully saturated rings. The van der Waals surface area contributed by atoms with E-state index in [1.807, 2.05) is 13.8 Å². The number of carbonyl (C=O) groups excluding carboxylic acids is 2. The van der Waals surface area contributed by atoms with Crippen LogP contribution >= 0.6 is 0 Å². The van der Waals surface area contributed by atoms with Crippen LogP contribution in [-0.2, 0) is 0 Å². The van der Waals surface area contributed by atoms with Gasteiger partial charge in [0, 0.05) is 11.1 Å². The van der Waals surface area contributed by atoms with Crippen LogP contribution in [0.3, 0.4) is 0 Å². The molecule has 0 aromatic heterocycles. The van der Waals surface area contributed by atoms with Gasteiger partial charge in [-0.15, -0.1) is 0 Å². The molecule has 74 valence electrons. The fourth-order valence-corrected chi connectivity index (χ4v) is 1.57. The van der Waals surface area contributed by atoms with Crippen molar-refractivity contribution in [2.45, 2.75) is 27.7 Å². The Morgan fingerprint density at radius 2 is 1.14 bits per heavy atom. The Balaban J connectivity index is 3.38. The van der Waals surface area contributed by atoms with Gasteiger partial charge in [-0.1, -0.05) is 0 Å². The Bertz CT molecular complexity index is 363. The van der Waals surface area contributed by atoms with E-state index in [0.717, 1.165) is 11.1 Å². The van der Waals surface area contributed by atoms with Crippen molar-refractivity contribution in [2.75, 3.05) is 0 Å². The molecule has 0 saturated carbocycles. The summed E-state index contributed by atoms with van der Waals surface area (Å²) >= 11 is 0. The Labute approximate surface area is 83.9 Å². The van der Waals surface area contributed by atoms with Gasteiger partial charge < -0.3 is 0 Å². The van der Waals surface area contributed by atoms with Gasteiger partial charge in [0.25, 0.3) is 0 Å². The van der Waals surface area contributed by atoms with Crippen molar-refractivity contribution in [1.29, 1.82) is 0 Å². The van der Waals surface area contributed by atoms with Crippen LogP contribution in [0.4, 0.5) is 0 Å². The number of aryl methyl sites for hydroxylation is 2. The summed E-state index contributed by atoms with van der Waals surface area (Å²) in [5, 5.41) is 0. The molecule has 0 amide bonds. The SMILES string of the molecule is CC(=O)c1cc(C)c(C(C)=O)cc1C. The van der Waals surface area contributed by atoms with Gasteiger partial charge in [-0.05, 0) is 51.0 Å². The van der Waals surface area contributed by atoms with E-state index in [9.17, 15) is 9.59 Å². The average molecular weight is 190 g/mol. The largest absolute Gasteiger partial charge is 0.295 e. The van der Waals surface area contributed by atoms with Crippen molar-refractivity contribution < 1.29 is 9.59 Å². The highest BCUT2D eigenvalue weighted by atomic mass is 16.1. The van der Waals surface area contributed by atoms with E-state index in [2.05, 4.69) is 0 Å². The lowest BCUT2D eigenvalue weighted by Crippen LogP contribution is -2.03. The number of ketones is 2. The summed E-state index contributed by atoms with van der Waals surface area (Å²) in [5.41, 5.74) is 3.14. The molecule has 0 unspecified atom stereocenters. The van der Waals surface area contributed by atoms with E-state index < -0.39 is 0 Å². The van der Waals surface area contributed by atoms with Gasteiger partial charge in [0.05, 0.1) is 0 Å². The number of rotatable bonds is 2. The van der Waals surface area contributed by atoms with Gasteiger partial charge in [-0.2, -0.15) is 0 Å². The van der Waals surface area contributed by atoms with Crippen LogP contribution in [0.2, 0.25) is 0 Å². The lowest BCUT2D eigenvalue weighted by atomic mass is 9.96. The normalized spacial score (nSPS) is 10.0. The Hall–Kier alpha value is -1.44. The van der Waals surface area contributed by atoms with Gasteiger partial charge in [0.1, 0.15) is 0 Å². The zero-order valence-corrected chi connectivity index (χ0v) is 8.97. The Morgan fingerprint density at radius 1 is 0.857 bits per heavy atom. The van der Waals surface area contributed by atoms with E-state index >= 15 is 0 Å². The minimum atomic E-state index is 0.0423. The van der Waals surface area contributed by atoms with Crippen molar-refractivity contribution in [3.05, 3.63) is 34.4 Å². The van der Waals surface area contributed by atoms with Crippen molar-refractivity contribution in [3.8, 4) is 0 Å². The predicted molar refractivity (Wildman–Crippen MR) is 55.9 cm³/mol. The lowest BCUT2D eigenvalue weighted by molar-refractivity contribution is 0.100. The molecule has 1 aromatic carbocycles. The standard InChI is InChI=1S/C12H14O2/c1-7-5-12(10(4)14)8(2)6-11(7)9(3)13/h5-6H,1-4H3. The molecule has 0 saturated heterocycles. The summed E-state index contributed by atoms with van der Waals surface area (Å²) < 4.78 is 0. The number of hydrogen-bond acceptors (Lipinski definition) is 2. The molecule has 14 heavy (non-hydrogen) atoms. The summed E-state index contributed by atoms with van der Waals surface area (Å²) in [6, 6.07) is 3.57. The fraction of sp³-hybridized carbons (Fsp3) is 0.333. The molecule has 0 aliphatic carbocycles. The van der Waals surface area contributed by atoms with Gasteiger partial charge in [0.15, 0.2) is 11.6 Å². The zero-order valence-electron chi connectivity index (χ0n) is 8.97. The average Bonchev–Trinajstić information content (AvgIpc) is 2.07. The lowest BCUT2D eigenvalue weighted by Gasteiger charge is -2.07. The number of benzene rings is 1. The van der Waals surface area contributed by atoms with Gasteiger partial charge in [-0.3, -0.25) is 9.59 Å². The topological polar surface area (TPSA) is 34.1 Å². The third-order valence-corrected chi connectivity index (χ3v) is 2.33. The first kappa shape index (κ1) is 10.6. The molecular formula is C12H14O2. The maximum Gasteiger partial charge on any atom is 0.160 e. The quantitative estimate of drug-likeness (QED) is 0.672. The molecule has 2 nitrogen and oxygen atoms in total. The van der Waals surface area contributed by atoms with E-state index in [4.69, 9.17) is 0 Å². The van der Waals surface area contributed by atoms with Crippen LogP contribution < -0.4 is 0 Å². The van der Waals surface area contributed by atoms with Crippen LogP contribution in [0.1, 0.15) is 45.7 Å². The molecule has 0 bridgehead atoms. The van der Waals surface area contributed by atoms with Crippen LogP contribution in [0.5, 0.6) is 0 Å². The van der Waals surface area contributed by atoms with Gasteiger partial charge in [0.2, 0.25) is 0 Å². The molecule has 2 heteroatoms. The summed E-state index contributed by atoms with van der Waals surface area (Å²) in [4.78, 5) is 22.4. The molecule has 1 aromatic rings. The van der Waals surface area contributed by atoms with E-state index in [-0.39, 0.29) is 11.6 Å². The van der Waals surface area contributed by atoms with Crippen LogP contribution in [0.15, 0.2) is 12.1 Å². The summed E-state index contributed by atoms with van der Waals surface area (Å²) in [6.07, 6.45) is 0. The fourth-order valence-electron chi connectivity index (χ4n) is 1.57. The molecular weight excluding hydrogens is 176 g/mol. The highest BCUT2D eigenvalue weighted by Gasteiger charge is 2.10. The zero-order chi connectivity index (χ0) is 10.9. The maximum atomic E-state index is 11.2. The maximum absolute atomic E-state index is 11.2. The Kier molecular flexibility index (Phi) is 2.84. The number of hydrogen-bond donors (Lipinski definition) is 0. The molecule has 0 heterocycles. The van der Waals surface area contributed by atoms with Crippen LogP contribution in [0.25, 0.3) is 0 Å². The van der Waals surface area contributed by atoms with E-state index in [0.29, 0.717) is 11.1 Å². The van der Waals surface area contributed by atoms with Crippen molar-refractivity contribution in [3.63, 3.8) is 0 Å². The Morgan fingerprint density at radius 3 is 1.36 bits per heavy atom. The van der Waals surface area contributed by atoms with E-state index in [1.165, 1.54) is 13.8 Å². The monoisotopic (exact) mass is 190 g/mol. The van der Waals surface area contributed by atoms with Crippen molar-refractivity contribution in [1.82, 2.24) is 0 Å². The molecule has 0 atom stereocenters. The molecule has 0 radical (unpaired) electrons. The predicted octanol–water partition coefficient (Wildman–Crippen LogP) is 2.71. The van der Waals surface area contributed by atoms with Crippen molar-refractivity contribution in [2.24, 2.45) is 0 Å². The molecule has 0 aliphatic rings. The minimum absolute atomic E-state index is 0.0423. The number of carbonyl (C=O) groups is 2. The van der Waals surface area contributed by atoms with Crippen LogP contribution in [-0.4, -0.2) is 11.6 Å². The second-order valence-electron chi connectivity index (χ2n) is 3.59. The summed E-state index contributed by atoms with van der Waals surface area (Å²) in [5.74, 6) is 0.0846. The highest BCUT2D eigenvalue weighted by molar-refractivity contribution is 6.00. The van der Waals surface area contributed by atoms with E-state index in [1.54, 1.807) is 12.1 Å². The first-order valence-electron chi connectivity index (χ1n) is 4.56. The first-order valence-corrected chi connectivity index (χ1v) is 4.56. The van der Waals surface area contributed by atoms with Gasteiger partial charge >= 0.3 is 0 Å². The second kappa shape index (κ2) is 3.74.